The van der Waals surface area contributed by atoms with E-state index in [1.807, 2.05) is 6.26 Å². The Morgan fingerprint density at radius 1 is 1.26 bits per heavy atom. The predicted octanol–water partition coefficient (Wildman–Crippen LogP) is 3.69. The Balaban J connectivity index is 1.93. The van der Waals surface area contributed by atoms with E-state index in [1.165, 1.54) is 34.5 Å². The summed E-state index contributed by atoms with van der Waals surface area (Å²) in [7, 11) is 0. The van der Waals surface area contributed by atoms with Gasteiger partial charge in [-0.1, -0.05) is 0 Å². The predicted molar refractivity (Wildman–Crippen MR) is 92.7 cm³/mol. The Morgan fingerprint density at radius 3 is 2.81 bits per heavy atom. The highest BCUT2D eigenvalue weighted by Crippen LogP contribution is 2.37. The van der Waals surface area contributed by atoms with Gasteiger partial charge in [-0.05, 0) is 18.4 Å². The number of rotatable bonds is 5. The summed E-state index contributed by atoms with van der Waals surface area (Å²) in [5.41, 5.74) is 0.00276. The van der Waals surface area contributed by atoms with E-state index < -0.39 is 11.7 Å². The molecule has 0 aromatic carbocycles. The molecule has 4 heterocycles. The number of hydrogen-bond acceptors (Lipinski definition) is 7. The van der Waals surface area contributed by atoms with Gasteiger partial charge in [-0.15, -0.1) is 10.2 Å². The van der Waals surface area contributed by atoms with Gasteiger partial charge in [0.25, 0.3) is 5.89 Å². The summed E-state index contributed by atoms with van der Waals surface area (Å²) in [6.07, 6.45) is -0.0199. The molecule has 0 unspecified atom stereocenters. The van der Waals surface area contributed by atoms with Crippen LogP contribution in [0.25, 0.3) is 28.3 Å². The normalized spacial score (nSPS) is 12.1. The van der Waals surface area contributed by atoms with Gasteiger partial charge in [0, 0.05) is 23.4 Å². The van der Waals surface area contributed by atoms with E-state index in [4.69, 9.17) is 9.15 Å². The number of ether oxygens (including phenoxy) is 1. The van der Waals surface area contributed by atoms with Gasteiger partial charge in [0.2, 0.25) is 12.3 Å². The zero-order valence-electron chi connectivity index (χ0n) is 13.9. The van der Waals surface area contributed by atoms with E-state index in [0.717, 1.165) is 12.5 Å². The van der Waals surface area contributed by atoms with Crippen LogP contribution in [-0.2, 0) is 6.18 Å². The lowest BCUT2D eigenvalue weighted by Gasteiger charge is -2.13. The molecule has 0 aliphatic carbocycles. The first-order valence-corrected chi connectivity index (χ1v) is 9.15. The van der Waals surface area contributed by atoms with Crippen LogP contribution in [0, 0.1) is 0 Å². The smallest absolute Gasteiger partial charge is 0.417 e. The molecule has 11 heteroatoms. The van der Waals surface area contributed by atoms with Crippen molar-refractivity contribution in [1.29, 1.82) is 0 Å². The lowest BCUT2D eigenvalue weighted by Crippen LogP contribution is -2.10. The summed E-state index contributed by atoms with van der Waals surface area (Å²) in [5, 5.41) is 7.29. The molecule has 0 N–H and O–H groups in total. The zero-order valence-corrected chi connectivity index (χ0v) is 14.7. The maximum atomic E-state index is 13.6. The Morgan fingerprint density at radius 2 is 2.11 bits per heavy atom. The summed E-state index contributed by atoms with van der Waals surface area (Å²) >= 11 is 1.53. The molecule has 27 heavy (non-hydrogen) atoms. The molecule has 0 bridgehead atoms. The van der Waals surface area contributed by atoms with Crippen molar-refractivity contribution in [2.75, 3.05) is 18.6 Å². The van der Waals surface area contributed by atoms with Gasteiger partial charge < -0.3 is 9.15 Å². The van der Waals surface area contributed by atoms with Crippen LogP contribution < -0.4 is 4.74 Å². The third kappa shape index (κ3) is 3.29. The zero-order chi connectivity index (χ0) is 19.0. The van der Waals surface area contributed by atoms with E-state index in [1.54, 1.807) is 0 Å². The summed E-state index contributed by atoms with van der Waals surface area (Å²) in [5.74, 6) is 0.706. The minimum absolute atomic E-state index is 0.0540. The number of halogens is 3. The first kappa shape index (κ1) is 17.6. The molecule has 140 valence electrons. The molecule has 0 radical (unpaired) electrons. The third-order valence-electron chi connectivity index (χ3n) is 3.80. The van der Waals surface area contributed by atoms with E-state index in [0.29, 0.717) is 17.1 Å². The molecule has 4 aromatic heterocycles. The lowest BCUT2D eigenvalue weighted by atomic mass is 10.1. The summed E-state index contributed by atoms with van der Waals surface area (Å²) in [4.78, 5) is 8.57. The maximum absolute atomic E-state index is 13.6. The maximum Gasteiger partial charge on any atom is 0.417 e. The van der Waals surface area contributed by atoms with E-state index in [2.05, 4.69) is 20.2 Å². The topological polar surface area (TPSA) is 78.3 Å². The number of hydrogen-bond donors (Lipinski definition) is 0. The molecule has 4 aromatic rings. The third-order valence-corrected chi connectivity index (χ3v) is 4.37. The fourth-order valence-corrected chi connectivity index (χ4v) is 2.88. The molecule has 0 fully saturated rings. The molecule has 0 amide bonds. The van der Waals surface area contributed by atoms with Crippen LogP contribution in [0.3, 0.4) is 0 Å². The number of nitrogens with zero attached hydrogens (tertiary/aromatic N) is 5. The van der Waals surface area contributed by atoms with Crippen LogP contribution in [0.4, 0.5) is 13.2 Å². The molecular weight excluding hydrogens is 383 g/mol. The Kier molecular flexibility index (Phi) is 4.38. The average molecular weight is 395 g/mol. The van der Waals surface area contributed by atoms with Gasteiger partial charge in [0.15, 0.2) is 0 Å². The van der Waals surface area contributed by atoms with Crippen LogP contribution in [0.1, 0.15) is 5.56 Å². The van der Waals surface area contributed by atoms with Crippen molar-refractivity contribution in [3.8, 4) is 17.5 Å². The summed E-state index contributed by atoms with van der Waals surface area (Å²) < 4.78 is 52.7. The molecule has 0 atom stereocenters. The fourth-order valence-electron chi connectivity index (χ4n) is 2.63. The molecule has 0 aliphatic rings. The standard InChI is InChI=1S/C16H12F3N5O2S/c1-27-5-4-25-13-6-10(16(17,18)19)9-2-3-12-21-11(15-23-20-8-26-15)7-24(12)14(9)22-13/h2-3,6-8H,4-5H2,1H3. The number of fused-ring (bicyclic) bond motifs is 3. The first-order chi connectivity index (χ1) is 13.0. The average Bonchev–Trinajstić information content (AvgIpc) is 3.29. The number of aromatic nitrogens is 5. The van der Waals surface area contributed by atoms with Crippen LogP contribution in [0.15, 0.2) is 35.2 Å². The van der Waals surface area contributed by atoms with E-state index in [9.17, 15) is 13.2 Å². The second-order valence-electron chi connectivity index (χ2n) is 5.52. The molecule has 0 aliphatic heterocycles. The lowest BCUT2D eigenvalue weighted by molar-refractivity contribution is -0.136. The SMILES string of the molecule is CSCCOc1cc(C(F)(F)F)c2ccc3nc(-c4nnco4)cn3c2n1. The van der Waals surface area contributed by atoms with Crippen molar-refractivity contribution >= 4 is 28.4 Å². The molecule has 4 rings (SSSR count). The van der Waals surface area contributed by atoms with Crippen molar-refractivity contribution < 1.29 is 22.3 Å². The monoisotopic (exact) mass is 395 g/mol. The highest BCUT2D eigenvalue weighted by Gasteiger charge is 2.34. The highest BCUT2D eigenvalue weighted by atomic mass is 32.2. The van der Waals surface area contributed by atoms with E-state index in [-0.39, 0.29) is 29.4 Å². The quantitative estimate of drug-likeness (QED) is 0.477. The Bertz CT molecular complexity index is 1100. The molecule has 0 saturated heterocycles. The molecular formula is C16H12F3N5O2S. The summed E-state index contributed by atoms with van der Waals surface area (Å²) in [6.45, 7) is 0.254. The minimum Gasteiger partial charge on any atom is -0.477 e. The Hall–Kier alpha value is -2.82. The number of pyridine rings is 2. The van der Waals surface area contributed by atoms with Crippen LogP contribution in [0.5, 0.6) is 5.88 Å². The van der Waals surface area contributed by atoms with Crippen LogP contribution in [0.2, 0.25) is 0 Å². The van der Waals surface area contributed by atoms with Crippen molar-refractivity contribution in [2.24, 2.45) is 0 Å². The summed E-state index contributed by atoms with van der Waals surface area (Å²) in [6, 6.07) is 3.74. The molecule has 7 nitrogen and oxygen atoms in total. The number of alkyl halides is 3. The van der Waals surface area contributed by atoms with E-state index >= 15 is 0 Å². The molecule has 0 saturated carbocycles. The van der Waals surface area contributed by atoms with Gasteiger partial charge in [0.1, 0.15) is 17.0 Å². The van der Waals surface area contributed by atoms with Crippen molar-refractivity contribution in [1.82, 2.24) is 24.6 Å². The van der Waals surface area contributed by atoms with Crippen LogP contribution in [-0.4, -0.2) is 43.2 Å². The van der Waals surface area contributed by atoms with Crippen molar-refractivity contribution in [3.05, 3.63) is 36.4 Å². The second-order valence-corrected chi connectivity index (χ2v) is 6.50. The molecule has 0 spiro atoms. The highest BCUT2D eigenvalue weighted by molar-refractivity contribution is 7.98. The van der Waals surface area contributed by atoms with Crippen molar-refractivity contribution in [3.63, 3.8) is 0 Å². The van der Waals surface area contributed by atoms with Gasteiger partial charge in [0.05, 0.1) is 12.2 Å². The fraction of sp³-hybridized carbons (Fsp3) is 0.250. The Labute approximate surface area is 154 Å². The second kappa shape index (κ2) is 6.72. The van der Waals surface area contributed by atoms with Crippen LogP contribution >= 0.6 is 11.8 Å². The minimum atomic E-state index is -4.55. The van der Waals surface area contributed by atoms with Gasteiger partial charge in [-0.2, -0.15) is 29.9 Å². The number of thioether (sulfide) groups is 1. The van der Waals surface area contributed by atoms with Gasteiger partial charge >= 0.3 is 6.18 Å². The largest absolute Gasteiger partial charge is 0.477 e. The van der Waals surface area contributed by atoms with Gasteiger partial charge in [-0.3, -0.25) is 4.40 Å². The van der Waals surface area contributed by atoms with Crippen molar-refractivity contribution in [2.45, 2.75) is 6.18 Å². The number of imidazole rings is 1. The van der Waals surface area contributed by atoms with Gasteiger partial charge in [-0.25, -0.2) is 4.98 Å². The first-order valence-electron chi connectivity index (χ1n) is 7.75.